The highest BCUT2D eigenvalue weighted by Crippen LogP contribution is 2.30. The number of hydrogen-bond acceptors (Lipinski definition) is 3. The average molecular weight is 260 g/mol. The van der Waals surface area contributed by atoms with Crippen molar-refractivity contribution < 1.29 is 9.18 Å². The number of benzene rings is 1. The average Bonchev–Trinajstić information content (AvgIpc) is 2.87. The number of nitrogens with zero attached hydrogens (tertiary/aromatic N) is 1. The minimum atomic E-state index is -0.408. The van der Waals surface area contributed by atoms with Gasteiger partial charge in [0.15, 0.2) is 0 Å². The standard InChI is InChI=1S/C13H9FN2OS/c1-16-13(17)8-2-4-11(14)10(6-8)12-5-3-9(7-15)18-12/h2-6H,1H3,(H,16,17). The summed E-state index contributed by atoms with van der Waals surface area (Å²) in [6, 6.07) is 9.48. The Morgan fingerprint density at radius 3 is 2.78 bits per heavy atom. The Morgan fingerprint density at radius 2 is 2.17 bits per heavy atom. The molecule has 2 aromatic rings. The largest absolute Gasteiger partial charge is 0.355 e. The van der Waals surface area contributed by atoms with Crippen LogP contribution in [0.25, 0.3) is 10.4 Å². The van der Waals surface area contributed by atoms with E-state index in [4.69, 9.17) is 5.26 Å². The summed E-state index contributed by atoms with van der Waals surface area (Å²) >= 11 is 1.20. The molecule has 0 bridgehead atoms. The normalized spacial score (nSPS) is 9.83. The van der Waals surface area contributed by atoms with Gasteiger partial charge in [0.2, 0.25) is 0 Å². The molecule has 0 aliphatic carbocycles. The topological polar surface area (TPSA) is 52.9 Å². The van der Waals surface area contributed by atoms with Gasteiger partial charge in [-0.1, -0.05) is 0 Å². The van der Waals surface area contributed by atoms with Crippen LogP contribution in [0.3, 0.4) is 0 Å². The predicted molar refractivity (Wildman–Crippen MR) is 67.8 cm³/mol. The van der Waals surface area contributed by atoms with Gasteiger partial charge in [0, 0.05) is 23.1 Å². The van der Waals surface area contributed by atoms with Gasteiger partial charge in [-0.05, 0) is 30.3 Å². The Balaban J connectivity index is 2.50. The first-order valence-electron chi connectivity index (χ1n) is 5.17. The van der Waals surface area contributed by atoms with Crippen LogP contribution < -0.4 is 5.32 Å². The van der Waals surface area contributed by atoms with Gasteiger partial charge in [-0.3, -0.25) is 4.79 Å². The van der Waals surface area contributed by atoms with E-state index in [0.29, 0.717) is 20.9 Å². The maximum atomic E-state index is 13.7. The van der Waals surface area contributed by atoms with Gasteiger partial charge in [0.1, 0.15) is 16.8 Å². The number of amides is 1. The van der Waals surface area contributed by atoms with Crippen LogP contribution >= 0.6 is 11.3 Å². The Labute approximate surface area is 107 Å². The van der Waals surface area contributed by atoms with Crippen molar-refractivity contribution in [2.24, 2.45) is 0 Å². The van der Waals surface area contributed by atoms with Crippen molar-refractivity contribution >= 4 is 17.2 Å². The third kappa shape index (κ3) is 2.24. The van der Waals surface area contributed by atoms with Crippen LogP contribution in [0.1, 0.15) is 15.2 Å². The van der Waals surface area contributed by atoms with Crippen LogP contribution in [-0.4, -0.2) is 13.0 Å². The van der Waals surface area contributed by atoms with Gasteiger partial charge in [-0.2, -0.15) is 5.26 Å². The van der Waals surface area contributed by atoms with E-state index in [1.165, 1.54) is 36.6 Å². The number of halogens is 1. The monoisotopic (exact) mass is 260 g/mol. The lowest BCUT2D eigenvalue weighted by Gasteiger charge is -2.04. The molecular formula is C13H9FN2OS. The van der Waals surface area contributed by atoms with Gasteiger partial charge >= 0.3 is 0 Å². The van der Waals surface area contributed by atoms with Gasteiger partial charge in [0.05, 0.1) is 0 Å². The Morgan fingerprint density at radius 1 is 1.39 bits per heavy atom. The maximum absolute atomic E-state index is 13.7. The number of carbonyl (C=O) groups is 1. The van der Waals surface area contributed by atoms with Crippen LogP contribution in [0.5, 0.6) is 0 Å². The molecule has 0 atom stereocenters. The van der Waals surface area contributed by atoms with Crippen molar-refractivity contribution in [2.75, 3.05) is 7.05 Å². The summed E-state index contributed by atoms with van der Waals surface area (Å²) in [7, 11) is 1.52. The minimum Gasteiger partial charge on any atom is -0.355 e. The molecule has 5 heteroatoms. The zero-order valence-electron chi connectivity index (χ0n) is 9.53. The van der Waals surface area contributed by atoms with Gasteiger partial charge in [0.25, 0.3) is 5.91 Å². The molecule has 2 rings (SSSR count). The van der Waals surface area contributed by atoms with Crippen molar-refractivity contribution in [2.45, 2.75) is 0 Å². The molecule has 0 fully saturated rings. The van der Waals surface area contributed by atoms with Crippen LogP contribution in [-0.2, 0) is 0 Å². The second kappa shape index (κ2) is 4.98. The van der Waals surface area contributed by atoms with Crippen LogP contribution in [0.4, 0.5) is 4.39 Å². The van der Waals surface area contributed by atoms with E-state index < -0.39 is 5.82 Å². The second-order valence-electron chi connectivity index (χ2n) is 3.55. The quantitative estimate of drug-likeness (QED) is 0.902. The maximum Gasteiger partial charge on any atom is 0.251 e. The first-order valence-corrected chi connectivity index (χ1v) is 5.99. The number of thiophene rings is 1. The van der Waals surface area contributed by atoms with Crippen molar-refractivity contribution in [1.82, 2.24) is 5.32 Å². The predicted octanol–water partition coefficient (Wildman–Crippen LogP) is 2.79. The molecule has 1 aromatic heterocycles. The van der Waals surface area contributed by atoms with Crippen molar-refractivity contribution in [3.05, 3.63) is 46.6 Å². The molecule has 18 heavy (non-hydrogen) atoms. The molecule has 0 saturated carbocycles. The SMILES string of the molecule is CNC(=O)c1ccc(F)c(-c2ccc(C#N)s2)c1. The fraction of sp³-hybridized carbons (Fsp3) is 0.0769. The van der Waals surface area contributed by atoms with Crippen molar-refractivity contribution in [1.29, 1.82) is 5.26 Å². The second-order valence-corrected chi connectivity index (χ2v) is 4.63. The van der Waals surface area contributed by atoms with E-state index in [9.17, 15) is 9.18 Å². The van der Waals surface area contributed by atoms with E-state index in [1.54, 1.807) is 12.1 Å². The summed E-state index contributed by atoms with van der Waals surface area (Å²) in [5, 5.41) is 11.2. The molecule has 1 heterocycles. The van der Waals surface area contributed by atoms with Gasteiger partial charge in [-0.15, -0.1) is 11.3 Å². The molecule has 3 nitrogen and oxygen atoms in total. The lowest BCUT2D eigenvalue weighted by atomic mass is 10.1. The summed E-state index contributed by atoms with van der Waals surface area (Å²) in [5.74, 6) is -0.678. The zero-order valence-corrected chi connectivity index (χ0v) is 10.3. The molecule has 1 amide bonds. The third-order valence-electron chi connectivity index (χ3n) is 2.44. The van der Waals surface area contributed by atoms with E-state index >= 15 is 0 Å². The molecule has 0 spiro atoms. The fourth-order valence-electron chi connectivity index (χ4n) is 1.54. The van der Waals surface area contributed by atoms with Gasteiger partial charge < -0.3 is 5.32 Å². The smallest absolute Gasteiger partial charge is 0.251 e. The Bertz CT molecular complexity index is 643. The summed E-state index contributed by atoms with van der Waals surface area (Å²) in [5.41, 5.74) is 0.725. The highest BCUT2D eigenvalue weighted by molar-refractivity contribution is 7.16. The van der Waals surface area contributed by atoms with Crippen molar-refractivity contribution in [3.8, 4) is 16.5 Å². The molecule has 90 valence electrons. The molecule has 0 radical (unpaired) electrons. The highest BCUT2D eigenvalue weighted by Gasteiger charge is 2.12. The van der Waals surface area contributed by atoms with Crippen LogP contribution in [0.15, 0.2) is 30.3 Å². The number of hydrogen-bond donors (Lipinski definition) is 1. The molecule has 0 aliphatic heterocycles. The Hall–Kier alpha value is -2.19. The summed E-state index contributed by atoms with van der Waals surface area (Å²) in [4.78, 5) is 12.6. The first-order chi connectivity index (χ1) is 8.65. The number of nitriles is 1. The fourth-order valence-corrected chi connectivity index (χ4v) is 2.36. The summed E-state index contributed by atoms with van der Waals surface area (Å²) in [6.45, 7) is 0. The molecule has 1 N–H and O–H groups in total. The molecule has 0 saturated heterocycles. The zero-order chi connectivity index (χ0) is 13.1. The number of carbonyl (C=O) groups excluding carboxylic acids is 1. The van der Waals surface area contributed by atoms with Gasteiger partial charge in [-0.25, -0.2) is 4.39 Å². The van der Waals surface area contributed by atoms with Crippen LogP contribution in [0.2, 0.25) is 0 Å². The lowest BCUT2D eigenvalue weighted by molar-refractivity contribution is 0.0963. The number of nitrogens with one attached hydrogen (secondary N) is 1. The molecular weight excluding hydrogens is 251 g/mol. The van der Waals surface area contributed by atoms with E-state index in [2.05, 4.69) is 5.32 Å². The molecule has 0 unspecified atom stereocenters. The highest BCUT2D eigenvalue weighted by atomic mass is 32.1. The first kappa shape index (κ1) is 12.3. The molecule has 0 aliphatic rings. The lowest BCUT2D eigenvalue weighted by Crippen LogP contribution is -2.17. The van der Waals surface area contributed by atoms with E-state index in [-0.39, 0.29) is 5.91 Å². The van der Waals surface area contributed by atoms with E-state index in [0.717, 1.165) is 0 Å². The Kier molecular flexibility index (Phi) is 3.40. The summed E-state index contributed by atoms with van der Waals surface area (Å²) < 4.78 is 13.7. The summed E-state index contributed by atoms with van der Waals surface area (Å²) in [6.07, 6.45) is 0. The number of rotatable bonds is 2. The van der Waals surface area contributed by atoms with E-state index in [1.807, 2.05) is 6.07 Å². The molecule has 1 aromatic carbocycles. The third-order valence-corrected chi connectivity index (χ3v) is 3.46. The van der Waals surface area contributed by atoms with Crippen LogP contribution in [0, 0.1) is 17.1 Å². The minimum absolute atomic E-state index is 0.270. The van der Waals surface area contributed by atoms with Crippen molar-refractivity contribution in [3.63, 3.8) is 0 Å².